The van der Waals surface area contributed by atoms with E-state index in [-0.39, 0.29) is 11.6 Å². The number of Topliss-reactive ketones (excluding diaryl/α,β-unsaturated/α-hetero) is 2. The first kappa shape index (κ1) is 50.6. The second-order valence-electron chi connectivity index (χ2n) is 13.8. The number of aliphatic carboxylic acids is 2. The highest BCUT2D eigenvalue weighted by molar-refractivity contribution is 5.95. The van der Waals surface area contributed by atoms with Crippen molar-refractivity contribution in [2.45, 2.75) is 226 Å². The van der Waals surface area contributed by atoms with Crippen LogP contribution in [0.3, 0.4) is 0 Å². The van der Waals surface area contributed by atoms with E-state index >= 15 is 0 Å². The highest BCUT2D eigenvalue weighted by atomic mass is 16.4. The van der Waals surface area contributed by atoms with Crippen molar-refractivity contribution in [2.75, 3.05) is 0 Å². The zero-order valence-electron chi connectivity index (χ0n) is 32.3. The summed E-state index contributed by atoms with van der Waals surface area (Å²) in [5.41, 5.74) is 11.1. The molecule has 0 heterocycles. The summed E-state index contributed by atoms with van der Waals surface area (Å²) in [6, 6.07) is 0. The van der Waals surface area contributed by atoms with Crippen molar-refractivity contribution < 1.29 is 29.4 Å². The lowest BCUT2D eigenvalue weighted by atomic mass is 9.81. The maximum atomic E-state index is 12.9. The van der Waals surface area contributed by atoms with Crippen molar-refractivity contribution in [1.29, 1.82) is 0 Å². The van der Waals surface area contributed by atoms with Crippen molar-refractivity contribution in [1.82, 2.24) is 0 Å². The van der Waals surface area contributed by atoms with E-state index < -0.39 is 23.5 Å². The average Bonchev–Trinajstić information content (AvgIpc) is 3.01. The lowest BCUT2D eigenvalue weighted by Gasteiger charge is -2.31. The van der Waals surface area contributed by atoms with Crippen LogP contribution < -0.4 is 11.5 Å². The molecule has 0 aliphatic carbocycles. The van der Waals surface area contributed by atoms with Gasteiger partial charge in [0.2, 0.25) is 0 Å². The molecule has 0 saturated heterocycles. The van der Waals surface area contributed by atoms with E-state index in [2.05, 4.69) is 13.8 Å². The fraction of sp³-hybridized carbons (Fsp3) is 0.900. The molecule has 0 aromatic heterocycles. The number of carboxylic acids is 2. The highest BCUT2D eigenvalue weighted by Gasteiger charge is 2.40. The Morgan fingerprint density at radius 1 is 0.458 bits per heavy atom. The van der Waals surface area contributed by atoms with E-state index in [1.54, 1.807) is 0 Å². The lowest BCUT2D eigenvalue weighted by molar-refractivity contribution is -0.135. The number of hydrogen-bond acceptors (Lipinski definition) is 6. The zero-order valence-corrected chi connectivity index (χ0v) is 32.3. The molecule has 0 spiro atoms. The Bertz CT molecular complexity index is 736. The monoisotopic (exact) mass is 685 g/mol. The Morgan fingerprint density at radius 3 is 0.938 bits per heavy atom. The van der Waals surface area contributed by atoms with Crippen LogP contribution >= 0.6 is 0 Å². The van der Waals surface area contributed by atoms with Gasteiger partial charge in [-0.05, 0) is 19.3 Å². The zero-order chi connectivity index (χ0) is 36.9. The smallest absolute Gasteiger partial charge is 0.300 e. The Kier molecular flexibility index (Phi) is 40.0. The second kappa shape index (κ2) is 38.0. The predicted molar refractivity (Wildman–Crippen MR) is 202 cm³/mol. The van der Waals surface area contributed by atoms with E-state index in [9.17, 15) is 9.59 Å². The van der Waals surface area contributed by atoms with E-state index in [1.807, 2.05) is 6.92 Å². The third-order valence-electron chi connectivity index (χ3n) is 8.89. The quantitative estimate of drug-likeness (QED) is 0.0402. The average molecular weight is 685 g/mol. The SMILES string of the molecule is CC(=O)O.CC(=O)O.CCCCCCCCCCCCCCCC(=O)C(CC)C(N)(N)C(=O)CCCCCCCCCCCCCCC. The van der Waals surface area contributed by atoms with Gasteiger partial charge in [0.25, 0.3) is 11.9 Å². The molecule has 286 valence electrons. The minimum Gasteiger partial charge on any atom is -0.481 e. The Balaban J connectivity index is -0.00000226. The number of nitrogens with two attached hydrogens (primary N) is 2. The molecule has 8 heteroatoms. The Morgan fingerprint density at radius 2 is 0.688 bits per heavy atom. The molecule has 0 radical (unpaired) electrons. The van der Waals surface area contributed by atoms with Gasteiger partial charge in [-0.25, -0.2) is 0 Å². The summed E-state index contributed by atoms with van der Waals surface area (Å²) >= 11 is 0. The third kappa shape index (κ3) is 38.6. The second-order valence-corrected chi connectivity index (χ2v) is 13.8. The highest BCUT2D eigenvalue weighted by Crippen LogP contribution is 2.22. The summed E-state index contributed by atoms with van der Waals surface area (Å²) in [5.74, 6) is -2.28. The van der Waals surface area contributed by atoms with Crippen LogP contribution in [0.1, 0.15) is 221 Å². The molecule has 0 bridgehead atoms. The van der Waals surface area contributed by atoms with Crippen LogP contribution in [0, 0.1) is 5.92 Å². The molecule has 48 heavy (non-hydrogen) atoms. The molecule has 0 aromatic carbocycles. The van der Waals surface area contributed by atoms with Gasteiger partial charge in [-0.2, -0.15) is 0 Å². The maximum absolute atomic E-state index is 12.9. The standard InChI is InChI=1S/C36H72N2O2.2C2H4O2/c1-4-7-9-11-13-15-17-19-21-23-25-27-29-31-34(39)33(6-3)36(37,38)35(40)32-30-28-26-24-22-20-18-16-14-12-10-8-5-2;2*1-2(3)4/h33H,4-32,37-38H2,1-3H3;2*1H3,(H,3,4). The third-order valence-corrected chi connectivity index (χ3v) is 8.89. The number of carboxylic acid groups (broad SMARTS) is 2. The summed E-state index contributed by atoms with van der Waals surface area (Å²) in [5, 5.41) is 14.8. The number of hydrogen-bond donors (Lipinski definition) is 4. The van der Waals surface area contributed by atoms with Crippen LogP contribution in [0.25, 0.3) is 0 Å². The normalized spacial score (nSPS) is 11.6. The van der Waals surface area contributed by atoms with Crippen LogP contribution in [0.2, 0.25) is 0 Å². The van der Waals surface area contributed by atoms with Gasteiger partial charge < -0.3 is 21.7 Å². The van der Waals surface area contributed by atoms with E-state index in [1.165, 1.54) is 141 Å². The van der Waals surface area contributed by atoms with Crippen molar-refractivity contribution in [3.8, 4) is 0 Å². The first-order valence-corrected chi connectivity index (χ1v) is 19.9. The molecule has 6 N–H and O–H groups in total. The van der Waals surface area contributed by atoms with Gasteiger partial charge in [0.05, 0.1) is 5.92 Å². The Hall–Kier alpha value is -1.80. The molecule has 8 nitrogen and oxygen atoms in total. The fourth-order valence-electron chi connectivity index (χ4n) is 6.04. The Labute approximate surface area is 296 Å². The van der Waals surface area contributed by atoms with E-state index in [0.717, 1.165) is 39.5 Å². The summed E-state index contributed by atoms with van der Waals surface area (Å²) in [6.07, 6.45) is 34.7. The van der Waals surface area contributed by atoms with Crippen LogP contribution in [0.5, 0.6) is 0 Å². The number of unbranched alkanes of at least 4 members (excludes halogenated alkanes) is 24. The van der Waals surface area contributed by atoms with Gasteiger partial charge in [0.15, 0.2) is 5.78 Å². The molecular formula is C40H80N2O6. The predicted octanol–water partition coefficient (Wildman–Crippen LogP) is 10.9. The van der Waals surface area contributed by atoms with E-state index in [0.29, 0.717) is 19.3 Å². The molecule has 0 saturated carbocycles. The van der Waals surface area contributed by atoms with Crippen LogP contribution in [-0.2, 0) is 19.2 Å². The molecule has 1 atom stereocenters. The molecule has 0 aromatic rings. The van der Waals surface area contributed by atoms with Gasteiger partial charge in [0.1, 0.15) is 11.4 Å². The van der Waals surface area contributed by atoms with Crippen molar-refractivity contribution in [3.63, 3.8) is 0 Å². The topological polar surface area (TPSA) is 161 Å². The lowest BCUT2D eigenvalue weighted by Crippen LogP contribution is -2.63. The van der Waals surface area contributed by atoms with Gasteiger partial charge in [0, 0.05) is 26.7 Å². The van der Waals surface area contributed by atoms with E-state index in [4.69, 9.17) is 31.3 Å². The summed E-state index contributed by atoms with van der Waals surface area (Å²) < 4.78 is 0. The number of rotatable bonds is 32. The summed E-state index contributed by atoms with van der Waals surface area (Å²) in [4.78, 5) is 43.8. The van der Waals surface area contributed by atoms with Crippen LogP contribution in [-0.4, -0.2) is 39.4 Å². The molecule has 0 aliphatic heterocycles. The van der Waals surface area contributed by atoms with Gasteiger partial charge >= 0.3 is 0 Å². The van der Waals surface area contributed by atoms with Gasteiger partial charge in [-0.15, -0.1) is 0 Å². The largest absolute Gasteiger partial charge is 0.481 e. The molecule has 0 fully saturated rings. The minimum absolute atomic E-state index is 0.0780. The first-order chi connectivity index (χ1) is 22.9. The minimum atomic E-state index is -1.51. The van der Waals surface area contributed by atoms with Crippen LogP contribution in [0.4, 0.5) is 0 Å². The van der Waals surface area contributed by atoms with Crippen LogP contribution in [0.15, 0.2) is 0 Å². The number of ketones is 2. The molecular weight excluding hydrogens is 604 g/mol. The molecule has 0 aliphatic rings. The number of carbonyl (C=O) groups excluding carboxylic acids is 2. The molecule has 1 unspecified atom stereocenters. The fourth-order valence-corrected chi connectivity index (χ4v) is 6.04. The summed E-state index contributed by atoms with van der Waals surface area (Å²) in [6.45, 7) is 8.63. The maximum Gasteiger partial charge on any atom is 0.300 e. The van der Waals surface area contributed by atoms with Crippen molar-refractivity contribution >= 4 is 23.5 Å². The van der Waals surface area contributed by atoms with Crippen molar-refractivity contribution in [2.24, 2.45) is 17.4 Å². The number of carbonyl (C=O) groups is 4. The molecule has 0 amide bonds. The molecule has 0 rings (SSSR count). The van der Waals surface area contributed by atoms with Gasteiger partial charge in [-0.3, -0.25) is 19.2 Å². The van der Waals surface area contributed by atoms with Gasteiger partial charge in [-0.1, -0.05) is 175 Å². The summed E-state index contributed by atoms with van der Waals surface area (Å²) in [7, 11) is 0. The van der Waals surface area contributed by atoms with Crippen molar-refractivity contribution in [3.05, 3.63) is 0 Å². The first-order valence-electron chi connectivity index (χ1n) is 19.9.